The average molecular weight is 339 g/mol. The number of ether oxygens (including phenoxy) is 1. The number of hydrogen-bond donors (Lipinski definition) is 2. The largest absolute Gasteiger partial charge is 0.504 e. The minimum atomic E-state index is -0.837. The number of carbonyl (C=O) groups is 3. The summed E-state index contributed by atoms with van der Waals surface area (Å²) in [6.07, 6.45) is 4.14. The summed E-state index contributed by atoms with van der Waals surface area (Å²) in [5, 5.41) is 11.9. The van der Waals surface area contributed by atoms with Gasteiger partial charge in [0.25, 0.3) is 11.8 Å². The summed E-state index contributed by atoms with van der Waals surface area (Å²) < 4.78 is 4.95. The number of hydrogen-bond acceptors (Lipinski definition) is 6. The first-order chi connectivity index (χ1) is 12.0. The normalized spacial score (nSPS) is 16.1. The lowest BCUT2D eigenvalue weighted by molar-refractivity contribution is -0.122. The lowest BCUT2D eigenvalue weighted by Gasteiger charge is -2.26. The minimum Gasteiger partial charge on any atom is -0.504 e. The van der Waals surface area contributed by atoms with Crippen LogP contribution in [0.4, 0.5) is 10.5 Å². The van der Waals surface area contributed by atoms with Crippen LogP contribution in [0, 0.1) is 0 Å². The standard InChI is InChI=1S/C17H13N3O5/c1-25-14-3-2-10(9-13(14)21)8-12-15(22)19-17(24)20(16(12)23)11-4-6-18-7-5-11/h2-9,21H,1H3,(H,19,22,24)/b12-8+. The van der Waals surface area contributed by atoms with Gasteiger partial charge < -0.3 is 9.84 Å². The van der Waals surface area contributed by atoms with E-state index in [1.165, 1.54) is 49.8 Å². The minimum absolute atomic E-state index is 0.136. The highest BCUT2D eigenvalue weighted by Gasteiger charge is 2.36. The summed E-state index contributed by atoms with van der Waals surface area (Å²) in [6, 6.07) is 6.53. The number of aromatic hydroxyl groups is 1. The van der Waals surface area contributed by atoms with Crippen molar-refractivity contribution in [3.05, 3.63) is 53.9 Å². The van der Waals surface area contributed by atoms with E-state index in [2.05, 4.69) is 10.3 Å². The van der Waals surface area contributed by atoms with Gasteiger partial charge in [-0.05, 0) is 35.9 Å². The summed E-state index contributed by atoms with van der Waals surface area (Å²) in [4.78, 5) is 41.4. The molecule has 0 radical (unpaired) electrons. The molecule has 1 aromatic carbocycles. The van der Waals surface area contributed by atoms with Gasteiger partial charge in [-0.2, -0.15) is 0 Å². The molecule has 2 N–H and O–H groups in total. The summed E-state index contributed by atoms with van der Waals surface area (Å²) in [7, 11) is 1.41. The van der Waals surface area contributed by atoms with Crippen molar-refractivity contribution in [3.63, 3.8) is 0 Å². The van der Waals surface area contributed by atoms with E-state index < -0.39 is 17.8 Å². The third-order valence-electron chi connectivity index (χ3n) is 3.54. The van der Waals surface area contributed by atoms with Crippen molar-refractivity contribution in [2.24, 2.45) is 0 Å². The SMILES string of the molecule is COc1ccc(/C=C2\C(=O)NC(=O)N(c3ccncc3)C2=O)cc1O. The Labute approximate surface area is 142 Å². The first-order valence-corrected chi connectivity index (χ1v) is 7.19. The fourth-order valence-corrected chi connectivity index (χ4v) is 2.35. The summed E-state index contributed by atoms with van der Waals surface area (Å²) in [6.45, 7) is 0. The highest BCUT2D eigenvalue weighted by Crippen LogP contribution is 2.28. The van der Waals surface area contributed by atoms with E-state index in [1.54, 1.807) is 6.07 Å². The van der Waals surface area contributed by atoms with E-state index in [1.807, 2.05) is 0 Å². The third-order valence-corrected chi connectivity index (χ3v) is 3.54. The first-order valence-electron chi connectivity index (χ1n) is 7.19. The van der Waals surface area contributed by atoms with Gasteiger partial charge in [0, 0.05) is 12.4 Å². The van der Waals surface area contributed by atoms with Gasteiger partial charge in [0.15, 0.2) is 11.5 Å². The van der Waals surface area contributed by atoms with Crippen molar-refractivity contribution in [2.45, 2.75) is 0 Å². The van der Waals surface area contributed by atoms with Gasteiger partial charge in [-0.25, -0.2) is 9.69 Å². The zero-order valence-corrected chi connectivity index (χ0v) is 13.1. The zero-order valence-electron chi connectivity index (χ0n) is 13.1. The molecule has 0 atom stereocenters. The number of methoxy groups -OCH3 is 1. The van der Waals surface area contributed by atoms with Gasteiger partial charge >= 0.3 is 6.03 Å². The molecule has 1 aliphatic rings. The molecule has 2 heterocycles. The van der Waals surface area contributed by atoms with Crippen LogP contribution in [0.25, 0.3) is 6.08 Å². The Morgan fingerprint density at radius 2 is 1.88 bits per heavy atom. The molecule has 0 aliphatic carbocycles. The van der Waals surface area contributed by atoms with Crippen LogP contribution >= 0.6 is 0 Å². The van der Waals surface area contributed by atoms with Crippen molar-refractivity contribution in [1.82, 2.24) is 10.3 Å². The second kappa shape index (κ2) is 6.44. The number of amides is 4. The van der Waals surface area contributed by atoms with Gasteiger partial charge in [-0.3, -0.25) is 19.9 Å². The lowest BCUT2D eigenvalue weighted by Crippen LogP contribution is -2.54. The number of urea groups is 1. The average Bonchev–Trinajstić information content (AvgIpc) is 2.59. The Bertz CT molecular complexity index is 892. The van der Waals surface area contributed by atoms with Gasteiger partial charge in [0.05, 0.1) is 12.8 Å². The molecule has 1 fully saturated rings. The van der Waals surface area contributed by atoms with E-state index in [0.29, 0.717) is 5.56 Å². The molecule has 3 rings (SSSR count). The van der Waals surface area contributed by atoms with Crippen LogP contribution in [-0.2, 0) is 9.59 Å². The molecule has 2 aromatic rings. The molecule has 1 saturated heterocycles. The maximum absolute atomic E-state index is 12.6. The number of imide groups is 2. The van der Waals surface area contributed by atoms with Gasteiger partial charge in [0.2, 0.25) is 0 Å². The molecule has 4 amide bonds. The first kappa shape index (κ1) is 16.2. The number of rotatable bonds is 3. The van der Waals surface area contributed by atoms with E-state index in [9.17, 15) is 19.5 Å². The van der Waals surface area contributed by atoms with E-state index in [4.69, 9.17) is 4.74 Å². The molecule has 126 valence electrons. The summed E-state index contributed by atoms with van der Waals surface area (Å²) in [5.74, 6) is -1.45. The second-order valence-corrected chi connectivity index (χ2v) is 5.09. The number of phenolic OH excluding ortho intramolecular Hbond substituents is 1. The lowest BCUT2D eigenvalue weighted by atomic mass is 10.1. The quantitative estimate of drug-likeness (QED) is 0.647. The Kier molecular flexibility index (Phi) is 4.17. The molecule has 8 nitrogen and oxygen atoms in total. The summed E-state index contributed by atoms with van der Waals surface area (Å²) >= 11 is 0. The van der Waals surface area contributed by atoms with Crippen molar-refractivity contribution in [1.29, 1.82) is 0 Å². The van der Waals surface area contributed by atoms with E-state index >= 15 is 0 Å². The predicted octanol–water partition coefficient (Wildman–Crippen LogP) is 1.46. The van der Waals surface area contributed by atoms with Crippen LogP contribution in [0.1, 0.15) is 5.56 Å². The van der Waals surface area contributed by atoms with Crippen LogP contribution in [0.3, 0.4) is 0 Å². The number of nitrogens with zero attached hydrogens (tertiary/aromatic N) is 2. The van der Waals surface area contributed by atoms with Crippen molar-refractivity contribution >= 4 is 29.6 Å². The number of pyridine rings is 1. The number of aromatic nitrogens is 1. The molecular formula is C17H13N3O5. The molecule has 0 unspecified atom stereocenters. The molecule has 1 aromatic heterocycles. The van der Waals surface area contributed by atoms with Gasteiger partial charge in [0.1, 0.15) is 5.57 Å². The Hall–Kier alpha value is -3.68. The summed E-state index contributed by atoms with van der Waals surface area (Å²) in [5.41, 5.74) is 0.454. The zero-order chi connectivity index (χ0) is 18.0. The number of anilines is 1. The third kappa shape index (κ3) is 3.05. The van der Waals surface area contributed by atoms with Crippen LogP contribution in [-0.4, -0.2) is 35.0 Å². The number of benzene rings is 1. The molecule has 25 heavy (non-hydrogen) atoms. The van der Waals surface area contributed by atoms with Crippen LogP contribution in [0.5, 0.6) is 11.5 Å². The molecule has 0 bridgehead atoms. The van der Waals surface area contributed by atoms with Crippen LogP contribution in [0.2, 0.25) is 0 Å². The fourth-order valence-electron chi connectivity index (χ4n) is 2.35. The molecule has 1 aliphatic heterocycles. The van der Waals surface area contributed by atoms with Gasteiger partial charge in [-0.15, -0.1) is 0 Å². The van der Waals surface area contributed by atoms with Crippen LogP contribution in [0.15, 0.2) is 48.3 Å². The second-order valence-electron chi connectivity index (χ2n) is 5.09. The Balaban J connectivity index is 2.00. The maximum atomic E-state index is 12.6. The number of carbonyl (C=O) groups excluding carboxylic acids is 3. The highest BCUT2D eigenvalue weighted by molar-refractivity contribution is 6.39. The number of nitrogens with one attached hydrogen (secondary N) is 1. The van der Waals surface area contributed by atoms with Crippen LogP contribution < -0.4 is 15.0 Å². The maximum Gasteiger partial charge on any atom is 0.335 e. The van der Waals surface area contributed by atoms with Crippen molar-refractivity contribution in [3.8, 4) is 11.5 Å². The topological polar surface area (TPSA) is 109 Å². The molecule has 0 saturated carbocycles. The molecular weight excluding hydrogens is 326 g/mol. The molecule has 0 spiro atoms. The van der Waals surface area contributed by atoms with Gasteiger partial charge in [-0.1, -0.05) is 6.07 Å². The van der Waals surface area contributed by atoms with E-state index in [-0.39, 0.29) is 22.8 Å². The fraction of sp³-hybridized carbons (Fsp3) is 0.0588. The molecule has 8 heteroatoms. The number of phenols is 1. The van der Waals surface area contributed by atoms with E-state index in [0.717, 1.165) is 4.90 Å². The number of barbiturate groups is 1. The monoisotopic (exact) mass is 339 g/mol. The van der Waals surface area contributed by atoms with Crippen molar-refractivity contribution in [2.75, 3.05) is 12.0 Å². The Morgan fingerprint density at radius 1 is 1.16 bits per heavy atom. The highest BCUT2D eigenvalue weighted by atomic mass is 16.5. The Morgan fingerprint density at radius 3 is 2.52 bits per heavy atom. The van der Waals surface area contributed by atoms with Crippen molar-refractivity contribution < 1.29 is 24.2 Å². The predicted molar refractivity (Wildman–Crippen MR) is 87.9 cm³/mol. The smallest absolute Gasteiger partial charge is 0.335 e.